The molecular formula is C32H47F5O3S. The number of phenols is 1. The summed E-state index contributed by atoms with van der Waals surface area (Å²) >= 11 is 0. The molecule has 4 rings (SSSR count). The number of rotatable bonds is 14. The lowest BCUT2D eigenvalue weighted by molar-refractivity contribution is -0.284. The number of aliphatic hydroxyl groups is 1. The Kier molecular flexibility index (Phi) is 10.8. The normalized spacial score (nSPS) is 30.5. The van der Waals surface area contributed by atoms with Crippen LogP contribution in [-0.4, -0.2) is 44.1 Å². The van der Waals surface area contributed by atoms with Gasteiger partial charge in [-0.2, -0.15) is 22.0 Å². The minimum absolute atomic E-state index is 0.0195. The lowest BCUT2D eigenvalue weighted by Crippen LogP contribution is -2.47. The van der Waals surface area contributed by atoms with E-state index in [2.05, 4.69) is 13.0 Å². The standard InChI is InChI=1S/C32H47F5O3S/c1-30-17-15-26-25-12-11-24(38)21-23(25)20-22(29(26)27(30)13-14-28(30)39)10-7-5-3-2-4-6-8-18-41(40)19-9-16-31(33,34)32(35,36)37/h11-12,21-22,26-29,38-39H,2-10,13-20H2,1H3/t22-,26+,27-,28+,29-,30+,41?/m1/s1. The number of phenolic OH excluding ortho intramolecular Hbond substituents is 1. The van der Waals surface area contributed by atoms with Crippen molar-refractivity contribution < 1.29 is 36.4 Å². The van der Waals surface area contributed by atoms with Crippen molar-refractivity contribution in [3.63, 3.8) is 0 Å². The molecule has 0 amide bonds. The van der Waals surface area contributed by atoms with E-state index in [4.69, 9.17) is 0 Å². The van der Waals surface area contributed by atoms with Gasteiger partial charge in [0.05, 0.1) is 6.10 Å². The topological polar surface area (TPSA) is 57.5 Å². The predicted octanol–water partition coefficient (Wildman–Crippen LogP) is 8.68. The van der Waals surface area contributed by atoms with Crippen molar-refractivity contribution in [1.29, 1.82) is 0 Å². The van der Waals surface area contributed by atoms with E-state index in [1.807, 2.05) is 12.1 Å². The molecule has 41 heavy (non-hydrogen) atoms. The molecule has 3 nitrogen and oxygen atoms in total. The third-order valence-corrected chi connectivity index (χ3v) is 12.0. The van der Waals surface area contributed by atoms with Gasteiger partial charge in [-0.05, 0) is 104 Å². The van der Waals surface area contributed by atoms with Gasteiger partial charge in [-0.1, -0.05) is 51.5 Å². The van der Waals surface area contributed by atoms with Crippen molar-refractivity contribution in [3.8, 4) is 5.75 Å². The number of halogens is 5. The van der Waals surface area contributed by atoms with Crippen molar-refractivity contribution >= 4 is 10.8 Å². The molecule has 0 spiro atoms. The van der Waals surface area contributed by atoms with E-state index in [-0.39, 0.29) is 17.3 Å². The second kappa shape index (κ2) is 13.6. The van der Waals surface area contributed by atoms with E-state index in [0.717, 1.165) is 77.0 Å². The van der Waals surface area contributed by atoms with E-state index in [9.17, 15) is 36.4 Å². The third-order valence-electron chi connectivity index (χ3n) is 10.6. The van der Waals surface area contributed by atoms with Gasteiger partial charge in [-0.3, -0.25) is 4.21 Å². The second-order valence-electron chi connectivity index (χ2n) is 13.2. The van der Waals surface area contributed by atoms with Crippen LogP contribution in [0.2, 0.25) is 0 Å². The van der Waals surface area contributed by atoms with Crippen LogP contribution in [0.1, 0.15) is 114 Å². The molecule has 2 saturated carbocycles. The number of alkyl halides is 5. The summed E-state index contributed by atoms with van der Waals surface area (Å²) in [6.07, 6.45) is 5.97. The molecule has 7 atom stereocenters. The third kappa shape index (κ3) is 7.66. The zero-order chi connectivity index (χ0) is 29.8. The summed E-state index contributed by atoms with van der Waals surface area (Å²) in [5.41, 5.74) is 2.73. The Balaban J connectivity index is 1.15. The largest absolute Gasteiger partial charge is 0.508 e. The smallest absolute Gasteiger partial charge is 0.453 e. The van der Waals surface area contributed by atoms with Crippen molar-refractivity contribution in [2.24, 2.45) is 23.2 Å². The SMILES string of the molecule is C[C@]12CC[C@H]3c4ccc(O)cc4C[C@@H](CCCCCCCCCS(=O)CCCC(F)(F)C(F)(F)F)[C@H]3[C@H]1CC[C@@H]2O. The molecule has 3 aliphatic carbocycles. The number of aromatic hydroxyl groups is 1. The maximum atomic E-state index is 13.0. The summed E-state index contributed by atoms with van der Waals surface area (Å²) in [5, 5.41) is 21.0. The lowest BCUT2D eigenvalue weighted by atomic mass is 9.52. The predicted molar refractivity (Wildman–Crippen MR) is 153 cm³/mol. The molecule has 0 aromatic heterocycles. The first-order valence-electron chi connectivity index (χ1n) is 15.6. The fourth-order valence-electron chi connectivity index (χ4n) is 8.28. The molecule has 3 aliphatic rings. The van der Waals surface area contributed by atoms with Gasteiger partial charge in [-0.25, -0.2) is 0 Å². The van der Waals surface area contributed by atoms with E-state index in [0.29, 0.717) is 41.6 Å². The maximum absolute atomic E-state index is 13.0. The average molecular weight is 607 g/mol. The molecule has 1 aromatic carbocycles. The number of unbranched alkanes of at least 4 members (excludes halogenated alkanes) is 6. The molecule has 0 saturated heterocycles. The molecule has 2 fully saturated rings. The number of hydrogen-bond acceptors (Lipinski definition) is 3. The van der Waals surface area contributed by atoms with Gasteiger partial charge in [-0.15, -0.1) is 0 Å². The molecule has 0 aliphatic heterocycles. The van der Waals surface area contributed by atoms with Gasteiger partial charge >= 0.3 is 12.1 Å². The summed E-state index contributed by atoms with van der Waals surface area (Å²) < 4.78 is 74.5. The Labute approximate surface area is 244 Å². The zero-order valence-corrected chi connectivity index (χ0v) is 25.1. The highest BCUT2D eigenvalue weighted by Gasteiger charge is 2.57. The van der Waals surface area contributed by atoms with Crippen molar-refractivity contribution in [2.75, 3.05) is 11.5 Å². The summed E-state index contributed by atoms with van der Waals surface area (Å²) in [7, 11) is -1.35. The Hall–Kier alpha value is -1.22. The summed E-state index contributed by atoms with van der Waals surface area (Å²) in [6.45, 7) is 2.30. The van der Waals surface area contributed by atoms with Gasteiger partial charge in [0.15, 0.2) is 0 Å². The monoisotopic (exact) mass is 606 g/mol. The fraction of sp³-hybridized carbons (Fsp3) is 0.812. The maximum Gasteiger partial charge on any atom is 0.453 e. The van der Waals surface area contributed by atoms with Gasteiger partial charge in [0.25, 0.3) is 0 Å². The van der Waals surface area contributed by atoms with Crippen LogP contribution in [0, 0.1) is 23.2 Å². The molecule has 9 heteroatoms. The van der Waals surface area contributed by atoms with Crippen LogP contribution in [0.25, 0.3) is 0 Å². The molecule has 1 unspecified atom stereocenters. The van der Waals surface area contributed by atoms with Gasteiger partial charge in [0.2, 0.25) is 0 Å². The van der Waals surface area contributed by atoms with Crippen LogP contribution >= 0.6 is 0 Å². The minimum atomic E-state index is -5.54. The van der Waals surface area contributed by atoms with Crippen LogP contribution in [0.3, 0.4) is 0 Å². The Bertz CT molecular complexity index is 1030. The average Bonchev–Trinajstić information content (AvgIpc) is 3.20. The highest BCUT2D eigenvalue weighted by Crippen LogP contribution is 2.62. The van der Waals surface area contributed by atoms with Crippen LogP contribution < -0.4 is 0 Å². The van der Waals surface area contributed by atoms with E-state index in [1.165, 1.54) is 11.1 Å². The molecule has 0 heterocycles. The minimum Gasteiger partial charge on any atom is -0.508 e. The van der Waals surface area contributed by atoms with Crippen LogP contribution in [0.5, 0.6) is 5.75 Å². The summed E-state index contributed by atoms with van der Waals surface area (Å²) in [4.78, 5) is 0. The quantitative estimate of drug-likeness (QED) is 0.165. The van der Waals surface area contributed by atoms with Gasteiger partial charge < -0.3 is 10.2 Å². The fourth-order valence-corrected chi connectivity index (χ4v) is 9.48. The highest BCUT2D eigenvalue weighted by atomic mass is 32.2. The second-order valence-corrected chi connectivity index (χ2v) is 14.9. The van der Waals surface area contributed by atoms with Gasteiger partial charge in [0, 0.05) is 28.7 Å². The first-order chi connectivity index (χ1) is 19.3. The zero-order valence-electron chi connectivity index (χ0n) is 24.2. The van der Waals surface area contributed by atoms with E-state index in [1.54, 1.807) is 0 Å². The Morgan fingerprint density at radius 2 is 1.59 bits per heavy atom. The number of hydrogen-bond donors (Lipinski definition) is 2. The molecule has 1 aromatic rings. The van der Waals surface area contributed by atoms with E-state index < -0.39 is 35.7 Å². The number of aliphatic hydroxyl groups excluding tert-OH is 1. The van der Waals surface area contributed by atoms with Crippen molar-refractivity contribution in [3.05, 3.63) is 29.3 Å². The number of benzene rings is 1. The molecule has 0 radical (unpaired) electrons. The van der Waals surface area contributed by atoms with Crippen LogP contribution in [0.15, 0.2) is 18.2 Å². The van der Waals surface area contributed by atoms with Crippen molar-refractivity contribution in [1.82, 2.24) is 0 Å². The Morgan fingerprint density at radius 1 is 0.927 bits per heavy atom. The lowest BCUT2D eigenvalue weighted by Gasteiger charge is -2.53. The molecule has 0 bridgehead atoms. The summed E-state index contributed by atoms with van der Waals surface area (Å²) in [6, 6.07) is 5.92. The molecule has 234 valence electrons. The van der Waals surface area contributed by atoms with E-state index >= 15 is 0 Å². The summed E-state index contributed by atoms with van der Waals surface area (Å²) in [5.74, 6) is -1.91. The first kappa shape index (κ1) is 32.7. The van der Waals surface area contributed by atoms with Crippen LogP contribution in [-0.2, 0) is 17.2 Å². The molecular weight excluding hydrogens is 559 g/mol. The number of fused-ring (bicyclic) bond motifs is 5. The first-order valence-corrected chi connectivity index (χ1v) is 17.1. The molecule has 2 N–H and O–H groups in total. The van der Waals surface area contributed by atoms with Gasteiger partial charge in [0.1, 0.15) is 5.75 Å². The highest BCUT2D eigenvalue weighted by molar-refractivity contribution is 7.84. The Morgan fingerprint density at radius 3 is 2.29 bits per heavy atom. The van der Waals surface area contributed by atoms with Crippen molar-refractivity contribution in [2.45, 2.75) is 127 Å². The van der Waals surface area contributed by atoms with Crippen LogP contribution in [0.4, 0.5) is 22.0 Å².